The summed E-state index contributed by atoms with van der Waals surface area (Å²) in [4.78, 5) is 13.0. The molecule has 1 amide bonds. The second kappa shape index (κ2) is 9.93. The highest BCUT2D eigenvalue weighted by Gasteiger charge is 2.40. The number of amides is 1. The number of benzene rings is 3. The number of nitrogens with zero attached hydrogens (tertiary/aromatic N) is 1. The molecule has 0 saturated heterocycles. The zero-order chi connectivity index (χ0) is 24.1. The Morgan fingerprint density at radius 3 is 2.38 bits per heavy atom. The highest BCUT2D eigenvalue weighted by Crippen LogP contribution is 2.42. The van der Waals surface area contributed by atoms with Gasteiger partial charge < -0.3 is 10.1 Å². The molecule has 1 N–H and O–H groups in total. The summed E-state index contributed by atoms with van der Waals surface area (Å²) in [6.07, 6.45) is 1.48. The topological polar surface area (TPSA) is 75.7 Å². The molecule has 1 aliphatic heterocycles. The first-order valence-corrected chi connectivity index (χ1v) is 12.1. The van der Waals surface area contributed by atoms with Crippen LogP contribution >= 0.6 is 0 Å². The summed E-state index contributed by atoms with van der Waals surface area (Å²) < 4.78 is 47.1. The number of hydrogen-bond acceptors (Lipinski definition) is 4. The van der Waals surface area contributed by atoms with Gasteiger partial charge in [-0.05, 0) is 35.9 Å². The minimum Gasteiger partial charge on any atom is -0.492 e. The van der Waals surface area contributed by atoms with Gasteiger partial charge in [0.2, 0.25) is 0 Å². The number of rotatable bonds is 8. The van der Waals surface area contributed by atoms with E-state index in [1.165, 1.54) is 34.6 Å². The fraction of sp³-hybridized carbons (Fsp3) is 0.115. The fourth-order valence-corrected chi connectivity index (χ4v) is 5.51. The van der Waals surface area contributed by atoms with Crippen molar-refractivity contribution in [2.45, 2.75) is 0 Å². The molecule has 3 aromatic carbocycles. The Bertz CT molecular complexity index is 1340. The summed E-state index contributed by atoms with van der Waals surface area (Å²) in [5.74, 6) is -0.672. The van der Waals surface area contributed by atoms with E-state index >= 15 is 0 Å². The monoisotopic (exact) mass is 478 g/mol. The number of sulfonamides is 1. The molecule has 0 fully saturated rings. The summed E-state index contributed by atoms with van der Waals surface area (Å²) in [5, 5.41) is 2.66. The zero-order valence-corrected chi connectivity index (χ0v) is 19.1. The first kappa shape index (κ1) is 23.3. The van der Waals surface area contributed by atoms with E-state index < -0.39 is 15.9 Å². The first-order chi connectivity index (χ1) is 16.4. The van der Waals surface area contributed by atoms with E-state index in [-0.39, 0.29) is 30.4 Å². The molecule has 0 saturated carbocycles. The van der Waals surface area contributed by atoms with Crippen molar-refractivity contribution in [3.05, 3.63) is 113 Å². The predicted octanol–water partition coefficient (Wildman–Crippen LogP) is 4.12. The van der Waals surface area contributed by atoms with Gasteiger partial charge in [-0.25, -0.2) is 12.8 Å². The van der Waals surface area contributed by atoms with Gasteiger partial charge in [0.1, 0.15) is 18.2 Å². The molecule has 3 aromatic rings. The molecular formula is C26H23FN2O4S. The van der Waals surface area contributed by atoms with E-state index in [0.717, 1.165) is 0 Å². The Morgan fingerprint density at radius 1 is 1.00 bits per heavy atom. The molecular weight excluding hydrogens is 455 g/mol. The van der Waals surface area contributed by atoms with Gasteiger partial charge in [0, 0.05) is 11.1 Å². The third-order valence-electron chi connectivity index (χ3n) is 5.25. The molecule has 0 atom stereocenters. The molecule has 34 heavy (non-hydrogen) atoms. The number of fused-ring (bicyclic) bond motifs is 1. The van der Waals surface area contributed by atoms with Crippen molar-refractivity contribution < 1.29 is 22.3 Å². The van der Waals surface area contributed by atoms with E-state index in [2.05, 4.69) is 11.9 Å². The second-order valence-electron chi connectivity index (χ2n) is 7.47. The lowest BCUT2D eigenvalue weighted by atomic mass is 9.95. The number of carbonyl (C=O) groups excluding carboxylic acids is 1. The van der Waals surface area contributed by atoms with Crippen LogP contribution < -0.4 is 14.4 Å². The van der Waals surface area contributed by atoms with E-state index in [4.69, 9.17) is 4.74 Å². The van der Waals surface area contributed by atoms with Crippen molar-refractivity contribution in [1.29, 1.82) is 0 Å². The quantitative estimate of drug-likeness (QED) is 0.391. The summed E-state index contributed by atoms with van der Waals surface area (Å²) >= 11 is 0. The van der Waals surface area contributed by atoms with Crippen molar-refractivity contribution >= 4 is 27.2 Å². The highest BCUT2D eigenvalue weighted by atomic mass is 32.2. The maximum Gasteiger partial charge on any atom is 0.270 e. The van der Waals surface area contributed by atoms with Gasteiger partial charge in [0.25, 0.3) is 15.9 Å². The van der Waals surface area contributed by atoms with E-state index in [9.17, 15) is 17.6 Å². The van der Waals surface area contributed by atoms with E-state index in [1.54, 1.807) is 48.5 Å². The maximum atomic E-state index is 13.7. The second-order valence-corrected chi connectivity index (χ2v) is 9.27. The molecule has 0 unspecified atom stereocenters. The van der Waals surface area contributed by atoms with Crippen molar-refractivity contribution in [1.82, 2.24) is 5.32 Å². The van der Waals surface area contributed by atoms with Crippen molar-refractivity contribution in [3.8, 4) is 5.75 Å². The van der Waals surface area contributed by atoms with Crippen LogP contribution in [-0.4, -0.2) is 34.0 Å². The number of carbonyl (C=O) groups is 1. The Balaban J connectivity index is 1.69. The average Bonchev–Trinajstić information content (AvgIpc) is 2.84. The molecule has 0 bridgehead atoms. The third-order valence-corrected chi connectivity index (χ3v) is 7.08. The molecule has 4 rings (SSSR count). The minimum absolute atomic E-state index is 0.0197. The van der Waals surface area contributed by atoms with Crippen molar-refractivity contribution in [2.75, 3.05) is 24.0 Å². The van der Waals surface area contributed by atoms with Crippen LogP contribution in [0.5, 0.6) is 5.75 Å². The van der Waals surface area contributed by atoms with Crippen LogP contribution in [0.25, 0.3) is 5.57 Å². The van der Waals surface area contributed by atoms with Crippen LogP contribution in [0.1, 0.15) is 11.1 Å². The van der Waals surface area contributed by atoms with Crippen LogP contribution in [-0.2, 0) is 14.8 Å². The van der Waals surface area contributed by atoms with Gasteiger partial charge >= 0.3 is 0 Å². The number of anilines is 1. The summed E-state index contributed by atoms with van der Waals surface area (Å²) in [5.41, 5.74) is 2.08. The maximum absolute atomic E-state index is 13.7. The third kappa shape index (κ3) is 4.58. The standard InChI is InChI=1S/C26H23FN2O4S/c1-2-17-29-23-11-7-6-10-22(23)24(19-8-4-3-5-9-19)25(34(29,31)32)26(30)28-16-18-33-21-14-12-20(27)13-15-21/h2-15H,1,16-18H2,(H,28,30). The first-order valence-electron chi connectivity index (χ1n) is 10.6. The smallest absolute Gasteiger partial charge is 0.270 e. The lowest BCUT2D eigenvalue weighted by Crippen LogP contribution is -2.42. The predicted molar refractivity (Wildman–Crippen MR) is 130 cm³/mol. The molecule has 0 aromatic heterocycles. The molecule has 8 heteroatoms. The highest BCUT2D eigenvalue weighted by molar-refractivity contribution is 7.97. The summed E-state index contributed by atoms with van der Waals surface area (Å²) in [6, 6.07) is 21.5. The largest absolute Gasteiger partial charge is 0.492 e. The van der Waals surface area contributed by atoms with Crippen LogP contribution in [0.4, 0.5) is 10.1 Å². The van der Waals surface area contributed by atoms with Gasteiger partial charge in [-0.3, -0.25) is 9.10 Å². The number of para-hydroxylation sites is 1. The molecule has 1 aliphatic rings. The Hall–Kier alpha value is -3.91. The Morgan fingerprint density at radius 2 is 1.68 bits per heavy atom. The van der Waals surface area contributed by atoms with Crippen LogP contribution in [0.15, 0.2) is 96.4 Å². The molecule has 6 nitrogen and oxygen atoms in total. The molecule has 0 aliphatic carbocycles. The summed E-state index contributed by atoms with van der Waals surface area (Å²) in [6.45, 7) is 3.83. The zero-order valence-electron chi connectivity index (χ0n) is 18.3. The normalized spacial score (nSPS) is 14.3. The molecule has 174 valence electrons. The minimum atomic E-state index is -4.18. The SMILES string of the molecule is C=CCN1c2ccccc2C(c2ccccc2)=C(C(=O)NCCOc2ccc(F)cc2)S1(=O)=O. The van der Waals surface area contributed by atoms with Crippen LogP contribution in [0, 0.1) is 5.82 Å². The van der Waals surface area contributed by atoms with Gasteiger partial charge in [0.15, 0.2) is 4.91 Å². The average molecular weight is 479 g/mol. The molecule has 0 spiro atoms. The van der Waals surface area contributed by atoms with Gasteiger partial charge in [-0.15, -0.1) is 6.58 Å². The lowest BCUT2D eigenvalue weighted by Gasteiger charge is -2.32. The van der Waals surface area contributed by atoms with Crippen molar-refractivity contribution in [2.24, 2.45) is 0 Å². The lowest BCUT2D eigenvalue weighted by molar-refractivity contribution is -0.116. The Labute approximate surface area is 198 Å². The van der Waals surface area contributed by atoms with Gasteiger partial charge in [-0.1, -0.05) is 54.6 Å². The van der Waals surface area contributed by atoms with Gasteiger partial charge in [-0.2, -0.15) is 0 Å². The van der Waals surface area contributed by atoms with Crippen LogP contribution in [0.3, 0.4) is 0 Å². The van der Waals surface area contributed by atoms with E-state index in [0.29, 0.717) is 28.1 Å². The van der Waals surface area contributed by atoms with Crippen LogP contribution in [0.2, 0.25) is 0 Å². The Kier molecular flexibility index (Phi) is 6.79. The number of halogens is 1. The molecule has 1 heterocycles. The number of ether oxygens (including phenoxy) is 1. The van der Waals surface area contributed by atoms with E-state index in [1.807, 2.05) is 6.07 Å². The van der Waals surface area contributed by atoms with Crippen molar-refractivity contribution in [3.63, 3.8) is 0 Å². The summed E-state index contributed by atoms with van der Waals surface area (Å²) in [7, 11) is -4.18. The molecule has 0 radical (unpaired) electrons. The number of hydrogen-bond donors (Lipinski definition) is 1. The number of nitrogens with one attached hydrogen (secondary N) is 1. The fourth-order valence-electron chi connectivity index (χ4n) is 3.77. The van der Waals surface area contributed by atoms with Gasteiger partial charge in [0.05, 0.1) is 18.8 Å².